The maximum atomic E-state index is 5.53. The molecule has 1 aliphatic heterocycles. The summed E-state index contributed by atoms with van der Waals surface area (Å²) in [6, 6.07) is 0.297. The third-order valence-electron chi connectivity index (χ3n) is 3.11. The zero-order valence-electron chi connectivity index (χ0n) is 9.93. The monoisotopic (exact) mass is 221 g/mol. The maximum Gasteiger partial charge on any atom is 0.146 e. The lowest BCUT2D eigenvalue weighted by atomic mass is 10.1. The Hall–Kier alpha value is -1.04. The number of aromatic nitrogens is 2. The van der Waals surface area contributed by atoms with Crippen LogP contribution in [-0.4, -0.2) is 53.5 Å². The summed E-state index contributed by atoms with van der Waals surface area (Å²) in [4.78, 5) is 13.4. The highest BCUT2D eigenvalue weighted by molar-refractivity contribution is 5.07. The van der Waals surface area contributed by atoms with Gasteiger partial charge in [-0.15, -0.1) is 0 Å². The first-order valence-electron chi connectivity index (χ1n) is 5.60. The Labute approximate surface area is 96.3 Å². The molecule has 2 rings (SSSR count). The van der Waals surface area contributed by atoms with Gasteiger partial charge < -0.3 is 10.6 Å². The average Bonchev–Trinajstić information content (AvgIpc) is 2.32. The van der Waals surface area contributed by atoms with Crippen LogP contribution in [0.25, 0.3) is 0 Å². The number of hydrogen-bond donors (Lipinski definition) is 1. The molecule has 1 aromatic heterocycles. The zero-order valence-corrected chi connectivity index (χ0v) is 9.93. The van der Waals surface area contributed by atoms with E-state index in [2.05, 4.69) is 33.9 Å². The van der Waals surface area contributed by atoms with Crippen molar-refractivity contribution in [2.45, 2.75) is 12.6 Å². The normalized spacial score (nSPS) is 23.6. The molecule has 1 fully saturated rings. The molecule has 1 aromatic rings. The minimum absolute atomic E-state index is 0.297. The van der Waals surface area contributed by atoms with E-state index in [4.69, 9.17) is 5.73 Å². The molecule has 2 N–H and O–H groups in total. The highest BCUT2D eigenvalue weighted by Crippen LogP contribution is 2.19. The van der Waals surface area contributed by atoms with E-state index in [1.165, 1.54) is 0 Å². The molecular weight excluding hydrogens is 202 g/mol. The van der Waals surface area contributed by atoms with Crippen molar-refractivity contribution in [1.82, 2.24) is 19.8 Å². The lowest BCUT2D eigenvalue weighted by Gasteiger charge is -2.36. The van der Waals surface area contributed by atoms with Gasteiger partial charge in [0.25, 0.3) is 0 Å². The Morgan fingerprint density at radius 1 is 1.31 bits per heavy atom. The fourth-order valence-corrected chi connectivity index (χ4v) is 1.93. The van der Waals surface area contributed by atoms with Gasteiger partial charge in [-0.3, -0.25) is 4.90 Å². The standard InChI is InChI=1S/C11H19N5/c1-15-3-4-16(2)10(8-15)11-13-6-9(5-12)7-14-11/h6-7,10H,3-5,8,12H2,1-2H3. The first-order chi connectivity index (χ1) is 7.70. The van der Waals surface area contributed by atoms with Crippen molar-refractivity contribution >= 4 is 0 Å². The number of nitrogens with zero attached hydrogens (tertiary/aromatic N) is 4. The first-order valence-corrected chi connectivity index (χ1v) is 5.60. The first kappa shape index (κ1) is 11.4. The number of rotatable bonds is 2. The molecule has 0 aliphatic carbocycles. The highest BCUT2D eigenvalue weighted by Gasteiger charge is 2.25. The molecule has 0 spiro atoms. The summed E-state index contributed by atoms with van der Waals surface area (Å²) in [5, 5.41) is 0. The Balaban J connectivity index is 2.15. The largest absolute Gasteiger partial charge is 0.326 e. The van der Waals surface area contributed by atoms with Gasteiger partial charge in [0.15, 0.2) is 0 Å². The lowest BCUT2D eigenvalue weighted by molar-refractivity contribution is 0.109. The second-order valence-corrected chi connectivity index (χ2v) is 4.41. The Morgan fingerprint density at radius 3 is 2.62 bits per heavy atom. The van der Waals surface area contributed by atoms with E-state index in [1.807, 2.05) is 12.4 Å². The van der Waals surface area contributed by atoms with E-state index in [0.717, 1.165) is 31.0 Å². The van der Waals surface area contributed by atoms with Crippen LogP contribution in [0.1, 0.15) is 17.4 Å². The summed E-state index contributed by atoms with van der Waals surface area (Å²) in [5.74, 6) is 0.895. The summed E-state index contributed by atoms with van der Waals surface area (Å²) in [7, 11) is 4.26. The molecule has 0 bridgehead atoms. The Morgan fingerprint density at radius 2 is 2.00 bits per heavy atom. The van der Waals surface area contributed by atoms with Crippen molar-refractivity contribution in [1.29, 1.82) is 0 Å². The summed E-state index contributed by atoms with van der Waals surface area (Å²) >= 11 is 0. The Kier molecular flexibility index (Phi) is 3.48. The number of hydrogen-bond acceptors (Lipinski definition) is 5. The van der Waals surface area contributed by atoms with E-state index in [-0.39, 0.29) is 0 Å². The van der Waals surface area contributed by atoms with Crippen molar-refractivity contribution in [2.75, 3.05) is 33.7 Å². The number of nitrogens with two attached hydrogens (primary N) is 1. The predicted molar refractivity (Wildman–Crippen MR) is 62.8 cm³/mol. The van der Waals surface area contributed by atoms with E-state index >= 15 is 0 Å². The van der Waals surface area contributed by atoms with Gasteiger partial charge in [-0.2, -0.15) is 0 Å². The molecule has 0 amide bonds. The third-order valence-corrected chi connectivity index (χ3v) is 3.11. The van der Waals surface area contributed by atoms with Crippen molar-refractivity contribution in [3.8, 4) is 0 Å². The summed E-state index contributed by atoms with van der Waals surface area (Å²) < 4.78 is 0. The summed E-state index contributed by atoms with van der Waals surface area (Å²) in [6.45, 7) is 3.65. The van der Waals surface area contributed by atoms with Gasteiger partial charge in [0.2, 0.25) is 0 Å². The van der Waals surface area contributed by atoms with Crippen LogP contribution in [0.5, 0.6) is 0 Å². The zero-order chi connectivity index (χ0) is 11.5. The SMILES string of the molecule is CN1CCN(C)C(c2ncc(CN)cn2)C1. The molecule has 5 heteroatoms. The van der Waals surface area contributed by atoms with Gasteiger partial charge in [-0.05, 0) is 14.1 Å². The number of likely N-dealkylation sites (N-methyl/N-ethyl adjacent to an activating group) is 2. The van der Waals surface area contributed by atoms with Crippen molar-refractivity contribution in [3.05, 3.63) is 23.8 Å². The van der Waals surface area contributed by atoms with E-state index in [0.29, 0.717) is 12.6 Å². The van der Waals surface area contributed by atoms with Gasteiger partial charge in [-0.25, -0.2) is 9.97 Å². The van der Waals surface area contributed by atoms with Crippen molar-refractivity contribution in [2.24, 2.45) is 5.73 Å². The van der Waals surface area contributed by atoms with E-state index < -0.39 is 0 Å². The second kappa shape index (κ2) is 4.86. The molecule has 1 aliphatic rings. The smallest absolute Gasteiger partial charge is 0.146 e. The molecule has 16 heavy (non-hydrogen) atoms. The lowest BCUT2D eigenvalue weighted by Crippen LogP contribution is -2.45. The van der Waals surface area contributed by atoms with Crippen LogP contribution in [0.2, 0.25) is 0 Å². The second-order valence-electron chi connectivity index (χ2n) is 4.41. The van der Waals surface area contributed by atoms with E-state index in [9.17, 15) is 0 Å². The molecule has 1 unspecified atom stereocenters. The molecule has 2 heterocycles. The molecule has 0 saturated carbocycles. The van der Waals surface area contributed by atoms with Crippen LogP contribution in [0.3, 0.4) is 0 Å². The van der Waals surface area contributed by atoms with Crippen LogP contribution in [0, 0.1) is 0 Å². The van der Waals surface area contributed by atoms with Crippen LogP contribution < -0.4 is 5.73 Å². The van der Waals surface area contributed by atoms with Gasteiger partial charge in [0, 0.05) is 44.1 Å². The van der Waals surface area contributed by atoms with Crippen molar-refractivity contribution in [3.63, 3.8) is 0 Å². The van der Waals surface area contributed by atoms with Gasteiger partial charge >= 0.3 is 0 Å². The summed E-state index contributed by atoms with van der Waals surface area (Å²) in [5.41, 5.74) is 6.51. The maximum absolute atomic E-state index is 5.53. The van der Waals surface area contributed by atoms with Gasteiger partial charge in [0.1, 0.15) is 5.82 Å². The topological polar surface area (TPSA) is 58.3 Å². The molecule has 1 atom stereocenters. The Bertz CT molecular complexity index is 337. The van der Waals surface area contributed by atoms with Crippen LogP contribution >= 0.6 is 0 Å². The molecule has 0 radical (unpaired) electrons. The van der Waals surface area contributed by atoms with Gasteiger partial charge in [0.05, 0.1) is 6.04 Å². The minimum Gasteiger partial charge on any atom is -0.326 e. The molecule has 88 valence electrons. The van der Waals surface area contributed by atoms with Crippen LogP contribution in [0.15, 0.2) is 12.4 Å². The van der Waals surface area contributed by atoms with Crippen molar-refractivity contribution < 1.29 is 0 Å². The van der Waals surface area contributed by atoms with E-state index in [1.54, 1.807) is 0 Å². The number of piperazine rings is 1. The van der Waals surface area contributed by atoms with Crippen LogP contribution in [-0.2, 0) is 6.54 Å². The van der Waals surface area contributed by atoms with Gasteiger partial charge in [-0.1, -0.05) is 0 Å². The predicted octanol–water partition coefficient (Wildman–Crippen LogP) is -0.146. The highest BCUT2D eigenvalue weighted by atomic mass is 15.3. The fourth-order valence-electron chi connectivity index (χ4n) is 1.93. The quantitative estimate of drug-likeness (QED) is 0.753. The molecule has 0 aromatic carbocycles. The molecule has 1 saturated heterocycles. The van der Waals surface area contributed by atoms with Crippen LogP contribution in [0.4, 0.5) is 0 Å². The minimum atomic E-state index is 0.297. The average molecular weight is 221 g/mol. The fraction of sp³-hybridized carbons (Fsp3) is 0.636. The molecular formula is C11H19N5. The summed E-state index contributed by atoms with van der Waals surface area (Å²) in [6.07, 6.45) is 3.65. The molecule has 5 nitrogen and oxygen atoms in total. The third kappa shape index (κ3) is 2.37.